The van der Waals surface area contributed by atoms with Crippen LogP contribution in [0.4, 0.5) is 0 Å². The van der Waals surface area contributed by atoms with Gasteiger partial charge >= 0.3 is 0 Å². The average molecular weight is 297 g/mol. The van der Waals surface area contributed by atoms with Gasteiger partial charge in [0.25, 0.3) is 0 Å². The summed E-state index contributed by atoms with van der Waals surface area (Å²) in [5, 5.41) is 10.3. The number of nitrogens with two attached hydrogens (primary N) is 1. The van der Waals surface area contributed by atoms with Crippen LogP contribution in [0.15, 0.2) is 60.7 Å². The van der Waals surface area contributed by atoms with Gasteiger partial charge in [-0.25, -0.2) is 0 Å². The highest BCUT2D eigenvalue weighted by atomic mass is 16.3. The summed E-state index contributed by atoms with van der Waals surface area (Å²) in [6.07, 6.45) is 1.93. The van der Waals surface area contributed by atoms with Gasteiger partial charge in [0.1, 0.15) is 0 Å². The first-order valence-electron chi connectivity index (χ1n) is 7.72. The maximum absolute atomic E-state index is 11.6. The second-order valence-electron chi connectivity index (χ2n) is 5.62. The highest BCUT2D eigenvalue weighted by molar-refractivity contribution is 5.77. The van der Waals surface area contributed by atoms with Crippen LogP contribution in [0.5, 0.6) is 0 Å². The number of hydrogen-bond acceptors (Lipinski definition) is 2. The number of rotatable bonds is 8. The molecule has 0 fully saturated rings. The van der Waals surface area contributed by atoms with Gasteiger partial charge in [0.15, 0.2) is 0 Å². The van der Waals surface area contributed by atoms with Gasteiger partial charge in [-0.15, -0.1) is 0 Å². The van der Waals surface area contributed by atoms with Crippen LogP contribution < -0.4 is 5.73 Å². The minimum Gasteiger partial charge on any atom is -0.392 e. The van der Waals surface area contributed by atoms with Gasteiger partial charge in [-0.3, -0.25) is 4.79 Å². The zero-order chi connectivity index (χ0) is 15.8. The summed E-state index contributed by atoms with van der Waals surface area (Å²) in [6, 6.07) is 19.9. The number of primary amides is 1. The topological polar surface area (TPSA) is 63.3 Å². The minimum absolute atomic E-state index is 0.420. The number of aliphatic hydroxyl groups excluding tert-OH is 1. The molecule has 0 spiro atoms. The quantitative estimate of drug-likeness (QED) is 0.787. The Morgan fingerprint density at radius 3 is 1.77 bits per heavy atom. The summed E-state index contributed by atoms with van der Waals surface area (Å²) < 4.78 is 0. The van der Waals surface area contributed by atoms with E-state index in [9.17, 15) is 9.90 Å². The number of aryl methyl sites for hydroxylation is 2. The SMILES string of the molecule is NC(=O)[C@H](CCc1ccccc1)C(O)CCc1ccccc1. The summed E-state index contributed by atoms with van der Waals surface area (Å²) in [5.74, 6) is -0.916. The Kier molecular flexibility index (Phi) is 6.16. The van der Waals surface area contributed by atoms with Crippen molar-refractivity contribution in [1.82, 2.24) is 0 Å². The van der Waals surface area contributed by atoms with E-state index >= 15 is 0 Å². The molecule has 22 heavy (non-hydrogen) atoms. The third-order valence-corrected chi connectivity index (χ3v) is 3.99. The third-order valence-electron chi connectivity index (χ3n) is 3.99. The fourth-order valence-electron chi connectivity index (χ4n) is 2.65. The van der Waals surface area contributed by atoms with Crippen LogP contribution >= 0.6 is 0 Å². The van der Waals surface area contributed by atoms with Crippen molar-refractivity contribution in [2.75, 3.05) is 0 Å². The Hall–Kier alpha value is -2.13. The summed E-state index contributed by atoms with van der Waals surface area (Å²) in [7, 11) is 0. The average Bonchev–Trinajstić information content (AvgIpc) is 2.55. The Labute approximate surface area is 131 Å². The van der Waals surface area contributed by atoms with E-state index in [2.05, 4.69) is 0 Å². The predicted molar refractivity (Wildman–Crippen MR) is 88.2 cm³/mol. The molecule has 3 N–H and O–H groups in total. The van der Waals surface area contributed by atoms with Crippen LogP contribution in [0.2, 0.25) is 0 Å². The van der Waals surface area contributed by atoms with E-state index in [0.29, 0.717) is 12.8 Å². The maximum Gasteiger partial charge on any atom is 0.223 e. The van der Waals surface area contributed by atoms with Crippen LogP contribution in [0.3, 0.4) is 0 Å². The van der Waals surface area contributed by atoms with Crippen molar-refractivity contribution in [2.45, 2.75) is 31.8 Å². The molecule has 0 saturated carbocycles. The van der Waals surface area contributed by atoms with Crippen molar-refractivity contribution in [2.24, 2.45) is 11.7 Å². The molecular weight excluding hydrogens is 274 g/mol. The first-order valence-corrected chi connectivity index (χ1v) is 7.72. The van der Waals surface area contributed by atoms with Gasteiger partial charge in [0.05, 0.1) is 12.0 Å². The highest BCUT2D eigenvalue weighted by Gasteiger charge is 2.24. The lowest BCUT2D eigenvalue weighted by Crippen LogP contribution is -2.34. The Morgan fingerprint density at radius 2 is 1.32 bits per heavy atom. The summed E-state index contributed by atoms with van der Waals surface area (Å²) >= 11 is 0. The van der Waals surface area contributed by atoms with Gasteiger partial charge in [-0.2, -0.15) is 0 Å². The van der Waals surface area contributed by atoms with Crippen molar-refractivity contribution >= 4 is 5.91 Å². The fourth-order valence-corrected chi connectivity index (χ4v) is 2.65. The molecule has 0 heterocycles. The van der Waals surface area contributed by atoms with Crippen LogP contribution in [0.25, 0.3) is 0 Å². The van der Waals surface area contributed by atoms with Crippen molar-refractivity contribution in [3.8, 4) is 0 Å². The number of carbonyl (C=O) groups excluding carboxylic acids is 1. The Balaban J connectivity index is 1.88. The molecule has 2 aromatic carbocycles. The molecule has 2 aromatic rings. The minimum atomic E-state index is -0.693. The molecule has 0 aliphatic carbocycles. The smallest absolute Gasteiger partial charge is 0.223 e. The van der Waals surface area contributed by atoms with Gasteiger partial charge in [-0.05, 0) is 36.8 Å². The van der Waals surface area contributed by atoms with Gasteiger partial charge in [-0.1, -0.05) is 60.7 Å². The summed E-state index contributed by atoms with van der Waals surface area (Å²) in [4.78, 5) is 11.6. The maximum atomic E-state index is 11.6. The second kappa shape index (κ2) is 8.35. The lowest BCUT2D eigenvalue weighted by atomic mass is 9.90. The molecule has 0 aliphatic heterocycles. The fraction of sp³-hybridized carbons (Fsp3) is 0.316. The van der Waals surface area contributed by atoms with E-state index in [1.807, 2.05) is 60.7 Å². The molecule has 3 nitrogen and oxygen atoms in total. The first-order chi connectivity index (χ1) is 10.7. The third kappa shape index (κ3) is 5.01. The van der Waals surface area contributed by atoms with E-state index in [0.717, 1.165) is 24.0 Å². The van der Waals surface area contributed by atoms with E-state index < -0.39 is 17.9 Å². The molecule has 3 heteroatoms. The Morgan fingerprint density at radius 1 is 0.864 bits per heavy atom. The van der Waals surface area contributed by atoms with Gasteiger partial charge in [0.2, 0.25) is 5.91 Å². The number of amides is 1. The van der Waals surface area contributed by atoms with Crippen molar-refractivity contribution in [3.63, 3.8) is 0 Å². The van der Waals surface area contributed by atoms with Crippen molar-refractivity contribution in [3.05, 3.63) is 71.8 Å². The molecule has 0 radical (unpaired) electrons. The number of hydrogen-bond donors (Lipinski definition) is 2. The van der Waals surface area contributed by atoms with Crippen molar-refractivity contribution < 1.29 is 9.90 Å². The molecule has 0 bridgehead atoms. The lowest BCUT2D eigenvalue weighted by molar-refractivity contribution is -0.125. The molecule has 0 saturated heterocycles. The Bertz CT molecular complexity index is 569. The van der Waals surface area contributed by atoms with E-state index in [4.69, 9.17) is 5.73 Å². The second-order valence-corrected chi connectivity index (χ2v) is 5.62. The number of aliphatic hydroxyl groups is 1. The van der Waals surface area contributed by atoms with Crippen LogP contribution in [0, 0.1) is 5.92 Å². The highest BCUT2D eigenvalue weighted by Crippen LogP contribution is 2.17. The standard InChI is InChI=1S/C19H23NO2/c20-19(22)17(13-11-15-7-3-1-4-8-15)18(21)14-12-16-9-5-2-6-10-16/h1-10,17-18,21H,11-14H2,(H2,20,22)/t17-,18?/m1/s1. The molecule has 2 rings (SSSR count). The zero-order valence-electron chi connectivity index (χ0n) is 12.7. The molecule has 1 amide bonds. The largest absolute Gasteiger partial charge is 0.392 e. The van der Waals surface area contributed by atoms with E-state index in [1.54, 1.807) is 0 Å². The van der Waals surface area contributed by atoms with Crippen molar-refractivity contribution in [1.29, 1.82) is 0 Å². The molecule has 116 valence electrons. The number of carbonyl (C=O) groups is 1. The lowest BCUT2D eigenvalue weighted by Gasteiger charge is -2.20. The normalized spacial score (nSPS) is 13.5. The molecular formula is C19H23NO2. The van der Waals surface area contributed by atoms with E-state index in [1.165, 1.54) is 0 Å². The molecule has 0 aliphatic rings. The predicted octanol–water partition coefficient (Wildman–Crippen LogP) is 2.71. The number of benzene rings is 2. The van der Waals surface area contributed by atoms with Gasteiger partial charge < -0.3 is 10.8 Å². The molecule has 2 atom stereocenters. The van der Waals surface area contributed by atoms with Crippen LogP contribution in [-0.4, -0.2) is 17.1 Å². The summed E-state index contributed by atoms with van der Waals surface area (Å²) in [6.45, 7) is 0. The van der Waals surface area contributed by atoms with Crippen LogP contribution in [0.1, 0.15) is 24.0 Å². The zero-order valence-corrected chi connectivity index (χ0v) is 12.7. The monoisotopic (exact) mass is 297 g/mol. The van der Waals surface area contributed by atoms with Gasteiger partial charge in [0, 0.05) is 0 Å². The molecule has 0 aromatic heterocycles. The summed E-state index contributed by atoms with van der Waals surface area (Å²) in [5.41, 5.74) is 7.79. The first kappa shape index (κ1) is 16.2. The molecule has 1 unspecified atom stereocenters. The van der Waals surface area contributed by atoms with E-state index in [-0.39, 0.29) is 0 Å². The van der Waals surface area contributed by atoms with Crippen LogP contribution in [-0.2, 0) is 17.6 Å².